The third-order valence-corrected chi connectivity index (χ3v) is 3.91. The molecule has 7 heteroatoms. The van der Waals surface area contributed by atoms with Gasteiger partial charge in [-0.15, -0.1) is 24.8 Å². The fourth-order valence-corrected chi connectivity index (χ4v) is 2.81. The highest BCUT2D eigenvalue weighted by Gasteiger charge is 2.30. The molecule has 0 aromatic heterocycles. The second-order valence-corrected chi connectivity index (χ2v) is 5.66. The van der Waals surface area contributed by atoms with Crippen LogP contribution < -0.4 is 5.73 Å². The molecule has 0 saturated carbocycles. The molecule has 0 bridgehead atoms. The molecule has 1 unspecified atom stereocenters. The Bertz CT molecular complexity index is 462. The first kappa shape index (κ1) is 22.1. The summed E-state index contributed by atoms with van der Waals surface area (Å²) >= 11 is 0. The van der Waals surface area contributed by atoms with Gasteiger partial charge in [-0.1, -0.05) is 30.3 Å². The van der Waals surface area contributed by atoms with Crippen molar-refractivity contribution < 1.29 is 9.53 Å². The summed E-state index contributed by atoms with van der Waals surface area (Å²) in [6.07, 6.45) is 0. The number of carbonyl (C=O) groups excluding carboxylic acids is 1. The largest absolute Gasteiger partial charge is 0.383 e. The molecule has 1 amide bonds. The number of nitrogens with two attached hydrogens (primary N) is 1. The van der Waals surface area contributed by atoms with Gasteiger partial charge in [0.15, 0.2) is 0 Å². The van der Waals surface area contributed by atoms with Crippen molar-refractivity contribution in [1.82, 2.24) is 9.80 Å². The van der Waals surface area contributed by atoms with Crippen LogP contribution in [-0.2, 0) is 16.1 Å². The van der Waals surface area contributed by atoms with Crippen LogP contribution in [-0.4, -0.2) is 61.1 Å². The van der Waals surface area contributed by atoms with Crippen LogP contribution in [0.4, 0.5) is 0 Å². The van der Waals surface area contributed by atoms with Gasteiger partial charge in [-0.2, -0.15) is 0 Å². The maximum atomic E-state index is 12.3. The molecule has 1 saturated heterocycles. The van der Waals surface area contributed by atoms with E-state index >= 15 is 0 Å². The average molecular weight is 364 g/mol. The molecule has 2 atom stereocenters. The molecule has 5 nitrogen and oxygen atoms in total. The molecule has 1 aromatic carbocycles. The summed E-state index contributed by atoms with van der Waals surface area (Å²) in [7, 11) is 1.56. The summed E-state index contributed by atoms with van der Waals surface area (Å²) < 4.78 is 4.97. The average Bonchev–Trinajstić information content (AvgIpc) is 2.48. The summed E-state index contributed by atoms with van der Waals surface area (Å²) in [5, 5.41) is 0. The number of rotatable bonds is 5. The van der Waals surface area contributed by atoms with E-state index in [9.17, 15) is 4.79 Å². The van der Waals surface area contributed by atoms with Crippen LogP contribution in [0.5, 0.6) is 0 Å². The topological polar surface area (TPSA) is 58.8 Å². The van der Waals surface area contributed by atoms with E-state index in [1.165, 1.54) is 5.56 Å². The van der Waals surface area contributed by atoms with E-state index in [2.05, 4.69) is 36.1 Å². The molecule has 0 radical (unpaired) electrons. The lowest BCUT2D eigenvalue weighted by Gasteiger charge is -2.40. The fraction of sp³-hybridized carbons (Fsp3) is 0.562. The van der Waals surface area contributed by atoms with Crippen LogP contribution in [0.25, 0.3) is 0 Å². The molecule has 2 N–H and O–H groups in total. The third-order valence-electron chi connectivity index (χ3n) is 3.91. The predicted octanol–water partition coefficient (Wildman–Crippen LogP) is 1.54. The molecule has 1 heterocycles. The van der Waals surface area contributed by atoms with E-state index in [0.717, 1.165) is 26.2 Å². The first-order valence-electron chi connectivity index (χ1n) is 7.43. The van der Waals surface area contributed by atoms with Crippen molar-refractivity contribution in [3.63, 3.8) is 0 Å². The Morgan fingerprint density at radius 3 is 2.52 bits per heavy atom. The molecular weight excluding hydrogens is 337 g/mol. The summed E-state index contributed by atoms with van der Waals surface area (Å²) in [5.41, 5.74) is 7.16. The van der Waals surface area contributed by atoms with E-state index < -0.39 is 6.04 Å². The van der Waals surface area contributed by atoms with Gasteiger partial charge in [-0.25, -0.2) is 0 Å². The van der Waals surface area contributed by atoms with Gasteiger partial charge >= 0.3 is 0 Å². The van der Waals surface area contributed by atoms with Crippen molar-refractivity contribution in [2.24, 2.45) is 5.73 Å². The van der Waals surface area contributed by atoms with Gasteiger partial charge in [0.2, 0.25) is 5.91 Å². The van der Waals surface area contributed by atoms with Crippen LogP contribution >= 0.6 is 24.8 Å². The van der Waals surface area contributed by atoms with Crippen LogP contribution in [0, 0.1) is 0 Å². The zero-order valence-corrected chi connectivity index (χ0v) is 15.3. The lowest BCUT2D eigenvalue weighted by atomic mass is 10.1. The molecule has 23 heavy (non-hydrogen) atoms. The molecule has 1 aliphatic rings. The van der Waals surface area contributed by atoms with Crippen molar-refractivity contribution in [2.75, 3.05) is 33.4 Å². The normalized spacial score (nSPS) is 19.4. The van der Waals surface area contributed by atoms with Crippen molar-refractivity contribution in [1.29, 1.82) is 0 Å². The number of amides is 1. The predicted molar refractivity (Wildman–Crippen MR) is 97.2 cm³/mol. The minimum atomic E-state index is -0.557. The molecule has 0 spiro atoms. The number of nitrogens with zero attached hydrogens (tertiary/aromatic N) is 2. The van der Waals surface area contributed by atoms with Gasteiger partial charge in [-0.05, 0) is 12.5 Å². The fourth-order valence-electron chi connectivity index (χ4n) is 2.81. The summed E-state index contributed by atoms with van der Waals surface area (Å²) in [5.74, 6) is -0.0105. The number of ether oxygens (including phenoxy) is 1. The Labute approximate surface area is 151 Å². The Morgan fingerprint density at radius 1 is 1.30 bits per heavy atom. The third kappa shape index (κ3) is 6.28. The lowest BCUT2D eigenvalue weighted by molar-refractivity contribution is -0.138. The molecule has 0 aliphatic carbocycles. The van der Waals surface area contributed by atoms with Gasteiger partial charge in [-0.3, -0.25) is 9.69 Å². The maximum Gasteiger partial charge on any atom is 0.242 e. The summed E-state index contributed by atoms with van der Waals surface area (Å²) in [6.45, 7) is 5.76. The minimum absolute atomic E-state index is 0. The second-order valence-electron chi connectivity index (χ2n) is 5.66. The number of halogens is 2. The molecule has 1 fully saturated rings. The first-order valence-corrected chi connectivity index (χ1v) is 7.43. The monoisotopic (exact) mass is 363 g/mol. The van der Waals surface area contributed by atoms with Crippen molar-refractivity contribution in [2.45, 2.75) is 25.6 Å². The van der Waals surface area contributed by atoms with Crippen LogP contribution in [0.15, 0.2) is 30.3 Å². The Balaban J connectivity index is 0.00000242. The second kappa shape index (κ2) is 10.8. The van der Waals surface area contributed by atoms with Gasteiger partial charge in [0, 0.05) is 39.3 Å². The zero-order valence-electron chi connectivity index (χ0n) is 13.7. The highest BCUT2D eigenvalue weighted by Crippen LogP contribution is 2.14. The highest BCUT2D eigenvalue weighted by atomic mass is 35.5. The number of benzene rings is 1. The maximum absolute atomic E-state index is 12.3. The standard InChI is InChI=1S/C16H25N3O2.2ClH/c1-13-10-18(11-14-6-4-3-5-7-14)8-9-19(13)16(20)15(17)12-21-2;;/h3-7,13,15H,8-12,17H2,1-2H3;2*1H/t13-,15?;;/m1../s1. The summed E-state index contributed by atoms with van der Waals surface area (Å²) in [6, 6.07) is 10.0. The van der Waals surface area contributed by atoms with Crippen LogP contribution in [0.2, 0.25) is 0 Å². The van der Waals surface area contributed by atoms with Crippen molar-refractivity contribution in [3.05, 3.63) is 35.9 Å². The van der Waals surface area contributed by atoms with Gasteiger partial charge in [0.1, 0.15) is 6.04 Å². The number of methoxy groups -OCH3 is 1. The van der Waals surface area contributed by atoms with Crippen LogP contribution in [0.3, 0.4) is 0 Å². The summed E-state index contributed by atoms with van der Waals surface area (Å²) in [4.78, 5) is 16.5. The van der Waals surface area contributed by atoms with Gasteiger partial charge < -0.3 is 15.4 Å². The molecule has 1 aromatic rings. The quantitative estimate of drug-likeness (QED) is 0.861. The van der Waals surface area contributed by atoms with Crippen molar-refractivity contribution in [3.8, 4) is 0 Å². The van der Waals surface area contributed by atoms with Crippen molar-refractivity contribution >= 4 is 30.7 Å². The Kier molecular flexibility index (Phi) is 10.4. The molecule has 1 aliphatic heterocycles. The van der Waals surface area contributed by atoms with E-state index in [0.29, 0.717) is 0 Å². The van der Waals surface area contributed by atoms with E-state index in [-0.39, 0.29) is 43.4 Å². The lowest BCUT2D eigenvalue weighted by Crippen LogP contribution is -2.58. The van der Waals surface area contributed by atoms with E-state index in [1.807, 2.05) is 11.0 Å². The highest BCUT2D eigenvalue weighted by molar-refractivity contribution is 5.85. The Hall–Kier alpha value is -0.850. The van der Waals surface area contributed by atoms with Crippen LogP contribution in [0.1, 0.15) is 12.5 Å². The number of hydrogen-bond donors (Lipinski definition) is 1. The van der Waals surface area contributed by atoms with Gasteiger partial charge in [0.05, 0.1) is 6.61 Å². The SMILES string of the molecule is COCC(N)C(=O)N1CCN(Cc2ccccc2)C[C@H]1C.Cl.Cl. The Morgan fingerprint density at radius 2 is 1.96 bits per heavy atom. The van der Waals surface area contributed by atoms with E-state index in [4.69, 9.17) is 10.5 Å². The zero-order chi connectivity index (χ0) is 15.2. The molecule has 132 valence electrons. The van der Waals surface area contributed by atoms with E-state index in [1.54, 1.807) is 7.11 Å². The van der Waals surface area contributed by atoms with Gasteiger partial charge in [0.25, 0.3) is 0 Å². The molecular formula is C16H27Cl2N3O2. The first-order chi connectivity index (χ1) is 10.1. The smallest absolute Gasteiger partial charge is 0.242 e. The molecule has 2 rings (SSSR count). The number of carbonyl (C=O) groups is 1. The number of piperazine rings is 1. The number of hydrogen-bond acceptors (Lipinski definition) is 4. The minimum Gasteiger partial charge on any atom is -0.383 e.